The molecule has 1 atom stereocenters. The number of amides is 2. The summed E-state index contributed by atoms with van der Waals surface area (Å²) in [6, 6.07) is 7.29. The molecule has 0 radical (unpaired) electrons. The number of primary amides is 1. The highest BCUT2D eigenvalue weighted by Gasteiger charge is 2.46. The molecule has 0 fully saturated rings. The summed E-state index contributed by atoms with van der Waals surface area (Å²) in [6.07, 6.45) is -21.4. The third-order valence-electron chi connectivity index (χ3n) is 7.21. The number of benzene rings is 4. The molecule has 18 heteroatoms. The van der Waals surface area contributed by atoms with Crippen molar-refractivity contribution >= 4 is 11.8 Å². The molecule has 4 aromatic rings. The van der Waals surface area contributed by atoms with Crippen LogP contribution in [0.2, 0.25) is 0 Å². The fourth-order valence-corrected chi connectivity index (χ4v) is 4.88. The van der Waals surface area contributed by atoms with Crippen LogP contribution in [0.4, 0.5) is 57.1 Å². The molecule has 0 unspecified atom stereocenters. The zero-order valence-corrected chi connectivity index (χ0v) is 24.5. The molecule has 0 saturated heterocycles. The first kappa shape index (κ1) is 37.5. The van der Waals surface area contributed by atoms with Crippen molar-refractivity contribution in [3.63, 3.8) is 0 Å². The average molecular weight is 726 g/mol. The molecule has 5 nitrogen and oxygen atoms in total. The number of nitrogens with two attached hydrogens (primary N) is 1. The lowest BCUT2D eigenvalue weighted by Gasteiger charge is -2.37. The predicted octanol–water partition coefficient (Wildman–Crippen LogP) is 8.39. The molecule has 2 amide bonds. The average Bonchev–Trinajstić information content (AvgIpc) is 2.99. The van der Waals surface area contributed by atoms with Gasteiger partial charge < -0.3 is 15.8 Å². The van der Waals surface area contributed by atoms with Crippen molar-refractivity contribution in [2.24, 2.45) is 5.73 Å². The van der Waals surface area contributed by atoms with Gasteiger partial charge in [0, 0.05) is 23.6 Å². The SMILES string of the molecule is NC(=O)c1ccc(C[C@](NC(=O)c2ccc(F)c(C(F)(F)F)c2)(c2cc(F)cc(OC(F)(F)C(F)F)c2)c2ccc(F)c(C(F)(F)F)c2)cc1. The largest absolute Gasteiger partial charge is 0.461 e. The summed E-state index contributed by atoms with van der Waals surface area (Å²) < 4.78 is 184. The van der Waals surface area contributed by atoms with Crippen LogP contribution in [0.5, 0.6) is 5.75 Å². The maximum Gasteiger partial charge on any atom is 0.461 e. The lowest BCUT2D eigenvalue weighted by Crippen LogP contribution is -2.49. The number of hydrogen-bond donors (Lipinski definition) is 2. The van der Waals surface area contributed by atoms with E-state index in [0.29, 0.717) is 24.3 Å². The van der Waals surface area contributed by atoms with Gasteiger partial charge in [-0.2, -0.15) is 43.9 Å². The summed E-state index contributed by atoms with van der Waals surface area (Å²) in [7, 11) is 0. The molecule has 0 aromatic heterocycles. The van der Waals surface area contributed by atoms with Crippen LogP contribution in [-0.2, 0) is 24.3 Å². The molecule has 4 aromatic carbocycles. The van der Waals surface area contributed by atoms with Crippen LogP contribution >= 0.6 is 0 Å². The normalized spacial score (nSPS) is 13.6. The van der Waals surface area contributed by atoms with Crippen LogP contribution in [0.25, 0.3) is 0 Å². The Kier molecular flexibility index (Phi) is 10.2. The lowest BCUT2D eigenvalue weighted by atomic mass is 9.76. The van der Waals surface area contributed by atoms with E-state index < -0.39 is 99.7 Å². The number of carbonyl (C=O) groups is 2. The Morgan fingerprint density at radius 3 is 1.76 bits per heavy atom. The van der Waals surface area contributed by atoms with Crippen molar-refractivity contribution in [1.29, 1.82) is 0 Å². The van der Waals surface area contributed by atoms with Crippen LogP contribution in [0.15, 0.2) is 78.9 Å². The van der Waals surface area contributed by atoms with Crippen molar-refractivity contribution < 1.29 is 71.4 Å². The third-order valence-corrected chi connectivity index (χ3v) is 7.21. The number of rotatable bonds is 10. The molecular weight excluding hydrogens is 707 g/mol. The maximum atomic E-state index is 15.1. The fourth-order valence-electron chi connectivity index (χ4n) is 4.88. The molecule has 4 rings (SSSR count). The van der Waals surface area contributed by atoms with Gasteiger partial charge in [-0.25, -0.2) is 13.2 Å². The summed E-state index contributed by atoms with van der Waals surface area (Å²) in [5.41, 5.74) is -4.23. The molecule has 3 N–H and O–H groups in total. The van der Waals surface area contributed by atoms with E-state index in [4.69, 9.17) is 5.73 Å². The second-order valence-corrected chi connectivity index (χ2v) is 10.6. The standard InChI is InChI=1S/C32H19F13N2O3/c33-20-10-19(11-21(13-20)50-32(44,45)28(36)37)29(14-15-1-3-16(4-2-15)26(46)48,18-6-8-25(35)23(12-18)31(41,42)43)47-27(49)17-5-7-24(34)22(9-17)30(38,39)40/h1-13,28H,14H2,(H2,46,48)(H,47,49)/t29-/m1/s1. The second-order valence-electron chi connectivity index (χ2n) is 10.6. The summed E-state index contributed by atoms with van der Waals surface area (Å²) in [6.45, 7) is 0. The van der Waals surface area contributed by atoms with Gasteiger partial charge in [0.25, 0.3) is 5.91 Å². The maximum absolute atomic E-state index is 15.1. The molecule has 0 saturated carbocycles. The van der Waals surface area contributed by atoms with E-state index in [9.17, 15) is 62.3 Å². The summed E-state index contributed by atoms with van der Waals surface area (Å²) in [5.74, 6) is -9.15. The van der Waals surface area contributed by atoms with Gasteiger partial charge in [0.15, 0.2) is 0 Å². The van der Waals surface area contributed by atoms with Gasteiger partial charge in [0.1, 0.15) is 23.2 Å². The van der Waals surface area contributed by atoms with Crippen molar-refractivity contribution in [2.75, 3.05) is 0 Å². The summed E-state index contributed by atoms with van der Waals surface area (Å²) >= 11 is 0. The Bertz CT molecular complexity index is 1910. The van der Waals surface area contributed by atoms with Gasteiger partial charge in [0.05, 0.1) is 16.7 Å². The first-order valence-electron chi connectivity index (χ1n) is 13.6. The Labute approximate surface area is 272 Å². The number of nitrogens with one attached hydrogen (secondary N) is 1. The molecule has 0 aliphatic heterocycles. The first-order valence-corrected chi connectivity index (χ1v) is 13.6. The van der Waals surface area contributed by atoms with Crippen molar-refractivity contribution in [1.82, 2.24) is 5.32 Å². The number of carbonyl (C=O) groups excluding carboxylic acids is 2. The third kappa shape index (κ3) is 8.11. The number of halogens is 13. The van der Waals surface area contributed by atoms with E-state index in [2.05, 4.69) is 10.1 Å². The van der Waals surface area contributed by atoms with E-state index in [1.165, 1.54) is 0 Å². The summed E-state index contributed by atoms with van der Waals surface area (Å²) in [5, 5.41) is 2.13. The highest BCUT2D eigenvalue weighted by Crippen LogP contribution is 2.41. The van der Waals surface area contributed by atoms with E-state index in [0.717, 1.165) is 24.3 Å². The van der Waals surface area contributed by atoms with Crippen LogP contribution in [0.3, 0.4) is 0 Å². The van der Waals surface area contributed by atoms with Crippen molar-refractivity contribution in [3.05, 3.63) is 135 Å². The van der Waals surface area contributed by atoms with Gasteiger partial charge in [-0.15, -0.1) is 0 Å². The number of ether oxygens (including phenoxy) is 1. The minimum absolute atomic E-state index is 0.0339. The quantitative estimate of drug-likeness (QED) is 0.161. The Hall–Kier alpha value is -5.29. The topological polar surface area (TPSA) is 81.4 Å². The molecule has 0 aliphatic rings. The second kappa shape index (κ2) is 13.5. The van der Waals surface area contributed by atoms with Crippen LogP contribution in [-0.4, -0.2) is 24.3 Å². The van der Waals surface area contributed by atoms with Crippen LogP contribution in [0, 0.1) is 17.5 Å². The van der Waals surface area contributed by atoms with Crippen LogP contribution < -0.4 is 15.8 Å². The van der Waals surface area contributed by atoms with E-state index >= 15 is 4.39 Å². The van der Waals surface area contributed by atoms with Gasteiger partial charge in [-0.1, -0.05) is 18.2 Å². The van der Waals surface area contributed by atoms with E-state index in [1.807, 2.05) is 0 Å². The number of alkyl halides is 10. The molecule has 0 bridgehead atoms. The van der Waals surface area contributed by atoms with Gasteiger partial charge >= 0.3 is 24.9 Å². The van der Waals surface area contributed by atoms with Crippen molar-refractivity contribution in [3.8, 4) is 5.75 Å². The lowest BCUT2D eigenvalue weighted by molar-refractivity contribution is -0.253. The van der Waals surface area contributed by atoms with E-state index in [1.54, 1.807) is 0 Å². The summed E-state index contributed by atoms with van der Waals surface area (Å²) in [4.78, 5) is 25.3. The molecule has 0 spiro atoms. The van der Waals surface area contributed by atoms with Crippen LogP contribution in [0.1, 0.15) is 48.5 Å². The zero-order chi connectivity index (χ0) is 37.4. The number of hydrogen-bond acceptors (Lipinski definition) is 3. The minimum Gasteiger partial charge on any atom is -0.428 e. The Morgan fingerprint density at radius 2 is 1.22 bits per heavy atom. The zero-order valence-electron chi connectivity index (χ0n) is 24.5. The smallest absolute Gasteiger partial charge is 0.428 e. The monoisotopic (exact) mass is 726 g/mol. The molecule has 0 aliphatic carbocycles. The molecule has 266 valence electrons. The van der Waals surface area contributed by atoms with Crippen molar-refractivity contribution in [2.45, 2.75) is 36.8 Å². The highest BCUT2D eigenvalue weighted by molar-refractivity contribution is 5.95. The Balaban J connectivity index is 2.07. The Morgan fingerprint density at radius 1 is 0.680 bits per heavy atom. The molecular formula is C32H19F13N2O3. The fraction of sp³-hybridized carbons (Fsp3) is 0.188. The van der Waals surface area contributed by atoms with Gasteiger partial charge in [0.2, 0.25) is 5.91 Å². The minimum atomic E-state index is -5.44. The molecule has 50 heavy (non-hydrogen) atoms. The molecule has 0 heterocycles. The first-order chi connectivity index (χ1) is 23.0. The van der Waals surface area contributed by atoms with E-state index in [-0.39, 0.29) is 41.5 Å². The highest BCUT2D eigenvalue weighted by atomic mass is 19.4. The van der Waals surface area contributed by atoms with Gasteiger partial charge in [-0.3, -0.25) is 9.59 Å². The predicted molar refractivity (Wildman–Crippen MR) is 148 cm³/mol. The van der Waals surface area contributed by atoms with Gasteiger partial charge in [-0.05, 0) is 71.3 Å².